The van der Waals surface area contributed by atoms with E-state index in [1.165, 1.54) is 0 Å². The average molecular weight is 211 g/mol. The van der Waals surface area contributed by atoms with Crippen molar-refractivity contribution in [2.24, 2.45) is 0 Å². The van der Waals surface area contributed by atoms with Gasteiger partial charge in [-0.25, -0.2) is 0 Å². The van der Waals surface area contributed by atoms with Gasteiger partial charge in [0.05, 0.1) is 11.7 Å². The van der Waals surface area contributed by atoms with E-state index in [0.717, 1.165) is 32.4 Å². The van der Waals surface area contributed by atoms with Gasteiger partial charge in [0.1, 0.15) is 5.78 Å². The molecular formula is C12H21NO2. The lowest BCUT2D eigenvalue weighted by Gasteiger charge is -2.44. The number of carbonyl (C=O) groups is 1. The molecule has 3 heteroatoms. The lowest BCUT2D eigenvalue weighted by Crippen LogP contribution is -2.54. The second kappa shape index (κ2) is 3.87. The van der Waals surface area contributed by atoms with Crippen LogP contribution in [0.2, 0.25) is 0 Å². The summed E-state index contributed by atoms with van der Waals surface area (Å²) in [5.41, 5.74) is -0.0662. The zero-order chi connectivity index (χ0) is 11.1. The molecule has 0 bridgehead atoms. The molecule has 0 aromatic heterocycles. The molecule has 0 spiro atoms. The molecule has 1 aliphatic carbocycles. The summed E-state index contributed by atoms with van der Waals surface area (Å²) in [5.74, 6) is 0.428. The van der Waals surface area contributed by atoms with E-state index in [1.807, 2.05) is 0 Å². The van der Waals surface area contributed by atoms with Crippen molar-refractivity contribution in [3.63, 3.8) is 0 Å². The van der Waals surface area contributed by atoms with Crippen LogP contribution in [0.25, 0.3) is 0 Å². The van der Waals surface area contributed by atoms with Crippen LogP contribution in [0.15, 0.2) is 0 Å². The minimum absolute atomic E-state index is 0.0662. The maximum absolute atomic E-state index is 11.3. The second-order valence-corrected chi connectivity index (χ2v) is 5.55. The van der Waals surface area contributed by atoms with Crippen molar-refractivity contribution in [2.45, 2.75) is 57.8 Å². The number of nitrogens with zero attached hydrogens (tertiary/aromatic N) is 1. The Kier molecular flexibility index (Phi) is 2.86. The first kappa shape index (κ1) is 11.1. The van der Waals surface area contributed by atoms with Crippen LogP contribution in [0.4, 0.5) is 0 Å². The van der Waals surface area contributed by atoms with Crippen LogP contribution in [0.3, 0.4) is 0 Å². The molecule has 2 aliphatic rings. The van der Waals surface area contributed by atoms with Crippen molar-refractivity contribution in [3.05, 3.63) is 0 Å². The molecule has 1 heterocycles. The van der Waals surface area contributed by atoms with E-state index in [-0.39, 0.29) is 11.7 Å². The molecule has 2 rings (SSSR count). The van der Waals surface area contributed by atoms with Crippen molar-refractivity contribution >= 4 is 5.78 Å². The Balaban J connectivity index is 2.00. The maximum Gasteiger partial charge on any atom is 0.134 e. The summed E-state index contributed by atoms with van der Waals surface area (Å²) in [6.45, 7) is 8.31. The van der Waals surface area contributed by atoms with Crippen LogP contribution in [-0.4, -0.2) is 41.5 Å². The largest absolute Gasteiger partial charge is 0.370 e. The first-order valence-corrected chi connectivity index (χ1v) is 5.90. The van der Waals surface area contributed by atoms with Gasteiger partial charge in [0.15, 0.2) is 0 Å². The maximum atomic E-state index is 11.3. The SMILES string of the molecule is CC1CN(C2CCC(=O)C2)CC(C)(C)O1. The molecule has 0 aromatic carbocycles. The minimum Gasteiger partial charge on any atom is -0.370 e. The van der Waals surface area contributed by atoms with Gasteiger partial charge in [-0.05, 0) is 27.2 Å². The molecule has 1 saturated heterocycles. The molecule has 0 aromatic rings. The lowest BCUT2D eigenvalue weighted by atomic mass is 10.0. The highest BCUT2D eigenvalue weighted by Crippen LogP contribution is 2.28. The van der Waals surface area contributed by atoms with Gasteiger partial charge in [0, 0.05) is 32.0 Å². The van der Waals surface area contributed by atoms with E-state index in [0.29, 0.717) is 11.8 Å². The van der Waals surface area contributed by atoms with Crippen molar-refractivity contribution < 1.29 is 9.53 Å². The molecule has 2 unspecified atom stereocenters. The van der Waals surface area contributed by atoms with Crippen molar-refractivity contribution in [3.8, 4) is 0 Å². The second-order valence-electron chi connectivity index (χ2n) is 5.55. The van der Waals surface area contributed by atoms with Gasteiger partial charge in [-0.2, -0.15) is 0 Å². The van der Waals surface area contributed by atoms with E-state index < -0.39 is 0 Å². The third-order valence-electron chi connectivity index (χ3n) is 3.33. The van der Waals surface area contributed by atoms with Crippen LogP contribution in [0.1, 0.15) is 40.0 Å². The highest BCUT2D eigenvalue weighted by Gasteiger charge is 2.37. The van der Waals surface area contributed by atoms with Gasteiger partial charge in [-0.3, -0.25) is 9.69 Å². The topological polar surface area (TPSA) is 29.5 Å². The molecule has 0 amide bonds. The van der Waals surface area contributed by atoms with Gasteiger partial charge in [-0.1, -0.05) is 0 Å². The Morgan fingerprint density at radius 3 is 2.73 bits per heavy atom. The molecule has 1 saturated carbocycles. The summed E-state index contributed by atoms with van der Waals surface area (Å²) < 4.78 is 5.86. The number of Topliss-reactive ketones (excluding diaryl/α,β-unsaturated/α-hetero) is 1. The summed E-state index contributed by atoms with van der Waals surface area (Å²) in [6, 6.07) is 0.475. The Labute approximate surface area is 91.8 Å². The Morgan fingerprint density at radius 2 is 2.20 bits per heavy atom. The van der Waals surface area contributed by atoms with Gasteiger partial charge in [0.25, 0.3) is 0 Å². The van der Waals surface area contributed by atoms with E-state index in [4.69, 9.17) is 4.74 Å². The summed E-state index contributed by atoms with van der Waals surface area (Å²) >= 11 is 0. The van der Waals surface area contributed by atoms with E-state index in [9.17, 15) is 4.79 Å². The summed E-state index contributed by atoms with van der Waals surface area (Å²) in [7, 11) is 0. The quantitative estimate of drug-likeness (QED) is 0.660. The summed E-state index contributed by atoms with van der Waals surface area (Å²) in [4.78, 5) is 13.7. The number of ketones is 1. The van der Waals surface area contributed by atoms with Gasteiger partial charge < -0.3 is 4.74 Å². The molecule has 1 aliphatic heterocycles. The monoisotopic (exact) mass is 211 g/mol. The number of morpholine rings is 1. The molecule has 15 heavy (non-hydrogen) atoms. The predicted octanol–water partition coefficient (Wildman–Crippen LogP) is 1.61. The minimum atomic E-state index is -0.0662. The molecule has 0 radical (unpaired) electrons. The summed E-state index contributed by atoms with van der Waals surface area (Å²) in [6.07, 6.45) is 2.85. The van der Waals surface area contributed by atoms with Crippen LogP contribution in [0.5, 0.6) is 0 Å². The van der Waals surface area contributed by atoms with Crippen LogP contribution < -0.4 is 0 Å². The average Bonchev–Trinajstić information content (AvgIpc) is 2.48. The van der Waals surface area contributed by atoms with Gasteiger partial charge in [-0.15, -0.1) is 0 Å². The Morgan fingerprint density at radius 1 is 1.47 bits per heavy atom. The predicted molar refractivity (Wildman–Crippen MR) is 58.8 cm³/mol. The Hall–Kier alpha value is -0.410. The zero-order valence-electron chi connectivity index (χ0n) is 9.95. The fourth-order valence-electron chi connectivity index (χ4n) is 2.89. The standard InChI is InChI=1S/C12H21NO2/c1-9-7-13(8-12(2,3)15-9)10-4-5-11(14)6-10/h9-10H,4-8H2,1-3H3. The number of hydrogen-bond acceptors (Lipinski definition) is 3. The van der Waals surface area contributed by atoms with E-state index in [1.54, 1.807) is 0 Å². The van der Waals surface area contributed by atoms with E-state index >= 15 is 0 Å². The molecule has 2 fully saturated rings. The molecular weight excluding hydrogens is 190 g/mol. The molecule has 2 atom stereocenters. The Bertz CT molecular complexity index is 262. The van der Waals surface area contributed by atoms with Crippen molar-refractivity contribution in [1.29, 1.82) is 0 Å². The van der Waals surface area contributed by atoms with Crippen molar-refractivity contribution in [2.75, 3.05) is 13.1 Å². The van der Waals surface area contributed by atoms with E-state index in [2.05, 4.69) is 25.7 Å². The highest BCUT2D eigenvalue weighted by molar-refractivity contribution is 5.81. The summed E-state index contributed by atoms with van der Waals surface area (Å²) in [5, 5.41) is 0. The number of ether oxygens (including phenoxy) is 1. The third-order valence-corrected chi connectivity index (χ3v) is 3.33. The molecule has 86 valence electrons. The number of hydrogen-bond donors (Lipinski definition) is 0. The fraction of sp³-hybridized carbons (Fsp3) is 0.917. The lowest BCUT2D eigenvalue weighted by molar-refractivity contribution is -0.138. The molecule has 0 N–H and O–H groups in total. The van der Waals surface area contributed by atoms with Gasteiger partial charge in [0.2, 0.25) is 0 Å². The van der Waals surface area contributed by atoms with Crippen LogP contribution >= 0.6 is 0 Å². The zero-order valence-corrected chi connectivity index (χ0v) is 9.95. The van der Waals surface area contributed by atoms with Crippen LogP contribution in [-0.2, 0) is 9.53 Å². The third kappa shape index (κ3) is 2.58. The van der Waals surface area contributed by atoms with Crippen molar-refractivity contribution in [1.82, 2.24) is 4.90 Å². The van der Waals surface area contributed by atoms with Crippen LogP contribution in [0, 0.1) is 0 Å². The first-order valence-electron chi connectivity index (χ1n) is 5.90. The highest BCUT2D eigenvalue weighted by atomic mass is 16.5. The smallest absolute Gasteiger partial charge is 0.134 e. The molecule has 3 nitrogen and oxygen atoms in total. The fourth-order valence-corrected chi connectivity index (χ4v) is 2.89. The first-order chi connectivity index (χ1) is 6.96. The number of rotatable bonds is 1. The number of carbonyl (C=O) groups excluding carboxylic acids is 1. The van der Waals surface area contributed by atoms with Gasteiger partial charge >= 0.3 is 0 Å². The normalized spacial score (nSPS) is 37.1.